The lowest BCUT2D eigenvalue weighted by atomic mass is 9.75. The molecule has 0 aliphatic heterocycles. The quantitative estimate of drug-likeness (QED) is 0.501. The van der Waals surface area contributed by atoms with Crippen molar-refractivity contribution in [2.45, 2.75) is 50.7 Å². The molecule has 0 aromatic heterocycles. The van der Waals surface area contributed by atoms with Gasteiger partial charge in [-0.15, -0.1) is 0 Å². The van der Waals surface area contributed by atoms with E-state index in [2.05, 4.69) is 5.32 Å². The van der Waals surface area contributed by atoms with Crippen LogP contribution in [0.2, 0.25) is 0 Å². The van der Waals surface area contributed by atoms with Gasteiger partial charge in [0, 0.05) is 11.1 Å². The van der Waals surface area contributed by atoms with Gasteiger partial charge in [0.25, 0.3) is 5.91 Å². The fourth-order valence-corrected chi connectivity index (χ4v) is 4.30. The number of rotatable bonds is 8. The van der Waals surface area contributed by atoms with Gasteiger partial charge in [0.15, 0.2) is 0 Å². The lowest BCUT2D eigenvalue weighted by molar-refractivity contribution is -0.146. The van der Waals surface area contributed by atoms with Crippen LogP contribution in [0.25, 0.3) is 11.1 Å². The minimum Gasteiger partial charge on any atom is -0.491 e. The minimum absolute atomic E-state index is 0.0851. The molecule has 0 heterocycles. The highest BCUT2D eigenvalue weighted by molar-refractivity contribution is 5.99. The molecule has 9 heteroatoms. The molecule has 1 amide bonds. The second-order valence-electron chi connectivity index (χ2n) is 8.55. The van der Waals surface area contributed by atoms with Gasteiger partial charge in [-0.05, 0) is 67.5 Å². The number of hydrogen-bond acceptors (Lipinski definition) is 4. The molecule has 0 atom stereocenters. The Bertz CT molecular complexity index is 1030. The van der Waals surface area contributed by atoms with Crippen molar-refractivity contribution in [3.63, 3.8) is 0 Å². The number of aliphatic hydroxyl groups excluding tert-OH is 1. The van der Waals surface area contributed by atoms with Crippen LogP contribution in [0.5, 0.6) is 5.75 Å². The molecule has 1 saturated carbocycles. The summed E-state index contributed by atoms with van der Waals surface area (Å²) in [7, 11) is 0. The van der Waals surface area contributed by atoms with Crippen molar-refractivity contribution in [2.75, 3.05) is 13.2 Å². The van der Waals surface area contributed by atoms with Gasteiger partial charge < -0.3 is 20.3 Å². The number of aliphatic carboxylic acids is 1. The topological polar surface area (TPSA) is 95.9 Å². The van der Waals surface area contributed by atoms with Gasteiger partial charge >= 0.3 is 12.1 Å². The number of benzene rings is 2. The molecule has 2 aromatic rings. The number of carboxylic acids is 1. The Morgan fingerprint density at radius 2 is 1.85 bits per heavy atom. The van der Waals surface area contributed by atoms with Crippen LogP contribution >= 0.6 is 0 Å². The summed E-state index contributed by atoms with van der Waals surface area (Å²) in [5.41, 5.74) is -1.74. The number of amides is 1. The summed E-state index contributed by atoms with van der Waals surface area (Å²) in [4.78, 5) is 25.1. The first-order chi connectivity index (χ1) is 16.1. The molecule has 3 N–H and O–H groups in total. The lowest BCUT2D eigenvalue weighted by Crippen LogP contribution is -2.56. The molecule has 0 bridgehead atoms. The standard InChI is InChI=1S/C25H28F3NO5/c1-2-16-8-10-24(11-9-16,23(32)33)29-22(31)18-6-7-21(34-13-12-30)20(15-18)17-4-3-5-19(14-17)25(26,27)28/h3-7,14-16,30H,2,8-13H2,1H3,(H,29,31)(H,32,33)/t16-,24-. The molecule has 0 unspecified atom stereocenters. The molecule has 1 aliphatic carbocycles. The Morgan fingerprint density at radius 3 is 2.44 bits per heavy atom. The number of carbonyl (C=O) groups is 2. The Balaban J connectivity index is 1.95. The van der Waals surface area contributed by atoms with Gasteiger partial charge in [-0.3, -0.25) is 4.79 Å². The van der Waals surface area contributed by atoms with E-state index < -0.39 is 29.2 Å². The maximum atomic E-state index is 13.2. The lowest BCUT2D eigenvalue weighted by Gasteiger charge is -2.37. The fraction of sp³-hybridized carbons (Fsp3) is 0.440. The van der Waals surface area contributed by atoms with Crippen LogP contribution in [0, 0.1) is 5.92 Å². The van der Waals surface area contributed by atoms with Crippen molar-refractivity contribution in [1.82, 2.24) is 5.32 Å². The maximum Gasteiger partial charge on any atom is 0.416 e. The monoisotopic (exact) mass is 479 g/mol. The highest BCUT2D eigenvalue weighted by atomic mass is 19.4. The summed E-state index contributed by atoms with van der Waals surface area (Å²) in [5, 5.41) is 21.6. The Kier molecular flexibility index (Phi) is 7.86. The molecule has 3 rings (SSSR count). The fourth-order valence-electron chi connectivity index (χ4n) is 4.30. The van der Waals surface area contributed by atoms with Gasteiger partial charge in [0.2, 0.25) is 0 Å². The van der Waals surface area contributed by atoms with Crippen LogP contribution in [0.3, 0.4) is 0 Å². The zero-order chi connectivity index (χ0) is 24.9. The van der Waals surface area contributed by atoms with Crippen molar-refractivity contribution < 1.29 is 37.7 Å². The molecule has 6 nitrogen and oxygen atoms in total. The van der Waals surface area contributed by atoms with Gasteiger partial charge in [-0.1, -0.05) is 25.5 Å². The van der Waals surface area contributed by atoms with Crippen molar-refractivity contribution >= 4 is 11.9 Å². The summed E-state index contributed by atoms with van der Waals surface area (Å²) >= 11 is 0. The van der Waals surface area contributed by atoms with Gasteiger partial charge in [0.05, 0.1) is 12.2 Å². The smallest absolute Gasteiger partial charge is 0.416 e. The Labute approximate surface area is 195 Å². The zero-order valence-corrected chi connectivity index (χ0v) is 18.8. The third-order valence-corrected chi connectivity index (χ3v) is 6.39. The van der Waals surface area contributed by atoms with E-state index in [4.69, 9.17) is 9.84 Å². The van der Waals surface area contributed by atoms with Crippen LogP contribution in [-0.2, 0) is 11.0 Å². The second-order valence-corrected chi connectivity index (χ2v) is 8.55. The third-order valence-electron chi connectivity index (χ3n) is 6.39. The van der Waals surface area contributed by atoms with Crippen LogP contribution < -0.4 is 10.1 Å². The molecule has 1 fully saturated rings. The van der Waals surface area contributed by atoms with E-state index in [1.165, 1.54) is 30.3 Å². The molecule has 184 valence electrons. The number of carbonyl (C=O) groups excluding carboxylic acids is 1. The zero-order valence-electron chi connectivity index (χ0n) is 18.8. The highest BCUT2D eigenvalue weighted by Crippen LogP contribution is 2.37. The summed E-state index contributed by atoms with van der Waals surface area (Å²) in [6.45, 7) is 1.66. The summed E-state index contributed by atoms with van der Waals surface area (Å²) in [6.07, 6.45) is -1.61. The average molecular weight is 479 g/mol. The van der Waals surface area contributed by atoms with Crippen LogP contribution in [-0.4, -0.2) is 40.8 Å². The van der Waals surface area contributed by atoms with Gasteiger partial charge in [0.1, 0.15) is 17.9 Å². The van der Waals surface area contributed by atoms with Gasteiger partial charge in [-0.25, -0.2) is 4.79 Å². The number of halogens is 3. The van der Waals surface area contributed by atoms with Crippen molar-refractivity contribution in [1.29, 1.82) is 0 Å². The Hall–Kier alpha value is -3.07. The van der Waals surface area contributed by atoms with E-state index in [1.54, 1.807) is 0 Å². The average Bonchev–Trinajstić information content (AvgIpc) is 2.82. The summed E-state index contributed by atoms with van der Waals surface area (Å²) < 4.78 is 45.2. The van der Waals surface area contributed by atoms with E-state index in [-0.39, 0.29) is 35.7 Å². The summed E-state index contributed by atoms with van der Waals surface area (Å²) in [6, 6.07) is 8.85. The number of ether oxygens (including phenoxy) is 1. The van der Waals surface area contributed by atoms with Gasteiger partial charge in [-0.2, -0.15) is 13.2 Å². The summed E-state index contributed by atoms with van der Waals surface area (Å²) in [5.74, 6) is -1.11. The SMILES string of the molecule is CC[C@H]1CC[C@@](NC(=O)c2ccc(OCCO)c(-c3cccc(C(F)(F)F)c3)c2)(C(=O)O)CC1. The highest BCUT2D eigenvalue weighted by Gasteiger charge is 2.43. The normalized spacial score (nSPS) is 20.6. The second kappa shape index (κ2) is 10.5. The first-order valence-electron chi connectivity index (χ1n) is 11.2. The molecule has 0 saturated heterocycles. The number of carboxylic acid groups (broad SMARTS) is 1. The van der Waals surface area contributed by atoms with E-state index >= 15 is 0 Å². The van der Waals surface area contributed by atoms with E-state index in [9.17, 15) is 27.9 Å². The predicted molar refractivity (Wildman–Crippen MR) is 120 cm³/mol. The number of hydrogen-bond donors (Lipinski definition) is 3. The van der Waals surface area contributed by atoms with Crippen molar-refractivity contribution in [3.8, 4) is 16.9 Å². The van der Waals surface area contributed by atoms with Crippen LogP contribution in [0.4, 0.5) is 13.2 Å². The van der Waals surface area contributed by atoms with E-state index in [0.29, 0.717) is 31.6 Å². The van der Waals surface area contributed by atoms with E-state index in [0.717, 1.165) is 18.6 Å². The molecular weight excluding hydrogens is 451 g/mol. The number of nitrogens with one attached hydrogen (secondary N) is 1. The number of alkyl halides is 3. The molecule has 1 aliphatic rings. The Morgan fingerprint density at radius 1 is 1.15 bits per heavy atom. The maximum absolute atomic E-state index is 13.2. The predicted octanol–water partition coefficient (Wildman–Crippen LogP) is 4.90. The minimum atomic E-state index is -4.55. The van der Waals surface area contributed by atoms with Crippen molar-refractivity contribution in [2.24, 2.45) is 5.92 Å². The molecular formula is C25H28F3NO5. The van der Waals surface area contributed by atoms with Crippen LogP contribution in [0.15, 0.2) is 42.5 Å². The molecule has 34 heavy (non-hydrogen) atoms. The number of aliphatic hydroxyl groups is 1. The first-order valence-corrected chi connectivity index (χ1v) is 11.2. The first kappa shape index (κ1) is 25.6. The molecule has 0 spiro atoms. The third kappa shape index (κ3) is 5.70. The molecule has 0 radical (unpaired) electrons. The molecule has 2 aromatic carbocycles. The van der Waals surface area contributed by atoms with E-state index in [1.807, 2.05) is 6.92 Å². The van der Waals surface area contributed by atoms with Crippen LogP contribution in [0.1, 0.15) is 54.9 Å². The largest absolute Gasteiger partial charge is 0.491 e. The van der Waals surface area contributed by atoms with Crippen molar-refractivity contribution in [3.05, 3.63) is 53.6 Å².